The molecule has 20 heavy (non-hydrogen) atoms. The predicted octanol–water partition coefficient (Wildman–Crippen LogP) is 2.56. The van der Waals surface area contributed by atoms with Gasteiger partial charge in [0.25, 0.3) is 0 Å². The second-order valence-electron chi connectivity index (χ2n) is 4.91. The van der Waals surface area contributed by atoms with E-state index in [2.05, 4.69) is 17.1 Å². The van der Waals surface area contributed by atoms with Gasteiger partial charge in [-0.05, 0) is 31.5 Å². The number of hydrogen-bond acceptors (Lipinski definition) is 3. The van der Waals surface area contributed by atoms with Crippen molar-refractivity contribution in [3.05, 3.63) is 29.3 Å². The highest BCUT2D eigenvalue weighted by Gasteiger charge is 2.27. The first-order chi connectivity index (χ1) is 9.52. The smallest absolute Gasteiger partial charge is 0.335 e. The van der Waals surface area contributed by atoms with Crippen molar-refractivity contribution in [1.29, 1.82) is 0 Å². The van der Waals surface area contributed by atoms with E-state index >= 15 is 0 Å². The maximum atomic E-state index is 13.7. The molecule has 1 saturated carbocycles. The van der Waals surface area contributed by atoms with Gasteiger partial charge in [-0.3, -0.25) is 4.90 Å². The molecule has 1 aromatic rings. The SMILES string of the molecule is CCN(CCNc1c(F)cc(C(=O)O)cc1F)C1CC1. The molecule has 0 aliphatic heterocycles. The first kappa shape index (κ1) is 14.7. The fourth-order valence-corrected chi connectivity index (χ4v) is 2.23. The molecular weight excluding hydrogens is 266 g/mol. The summed E-state index contributed by atoms with van der Waals surface area (Å²) in [5.74, 6) is -3.10. The van der Waals surface area contributed by atoms with E-state index in [-0.39, 0.29) is 5.69 Å². The molecule has 0 radical (unpaired) electrons. The number of carboxylic acids is 1. The van der Waals surface area contributed by atoms with Crippen molar-refractivity contribution in [3.8, 4) is 0 Å². The van der Waals surface area contributed by atoms with Gasteiger partial charge in [0.2, 0.25) is 0 Å². The van der Waals surface area contributed by atoms with Crippen LogP contribution in [0.4, 0.5) is 14.5 Å². The molecule has 0 aromatic heterocycles. The Morgan fingerprint density at radius 1 is 1.40 bits per heavy atom. The Balaban J connectivity index is 1.97. The number of carboxylic acid groups (broad SMARTS) is 1. The lowest BCUT2D eigenvalue weighted by Gasteiger charge is -2.20. The van der Waals surface area contributed by atoms with E-state index in [0.29, 0.717) is 19.1 Å². The third-order valence-corrected chi connectivity index (χ3v) is 3.46. The average Bonchev–Trinajstić information content (AvgIpc) is 3.21. The van der Waals surface area contributed by atoms with Gasteiger partial charge in [-0.2, -0.15) is 0 Å². The van der Waals surface area contributed by atoms with E-state index in [0.717, 1.165) is 18.7 Å². The Hall–Kier alpha value is -1.69. The summed E-state index contributed by atoms with van der Waals surface area (Å²) in [5.41, 5.74) is -0.652. The maximum absolute atomic E-state index is 13.7. The zero-order valence-electron chi connectivity index (χ0n) is 11.3. The number of carbonyl (C=O) groups is 1. The van der Waals surface area contributed by atoms with Crippen molar-refractivity contribution in [1.82, 2.24) is 4.90 Å². The van der Waals surface area contributed by atoms with Crippen LogP contribution in [-0.4, -0.2) is 41.7 Å². The average molecular weight is 284 g/mol. The summed E-state index contributed by atoms with van der Waals surface area (Å²) in [6.45, 7) is 4.10. The Morgan fingerprint density at radius 2 is 2.00 bits per heavy atom. The van der Waals surface area contributed by atoms with Crippen LogP contribution in [0.15, 0.2) is 12.1 Å². The van der Waals surface area contributed by atoms with Gasteiger partial charge in [-0.15, -0.1) is 0 Å². The molecule has 1 fully saturated rings. The summed E-state index contributed by atoms with van der Waals surface area (Å²) >= 11 is 0. The van der Waals surface area contributed by atoms with Gasteiger partial charge in [0.05, 0.1) is 5.56 Å². The minimum absolute atomic E-state index is 0.262. The first-order valence-electron chi connectivity index (χ1n) is 6.73. The number of nitrogens with one attached hydrogen (secondary N) is 1. The number of benzene rings is 1. The molecule has 0 spiro atoms. The monoisotopic (exact) mass is 284 g/mol. The van der Waals surface area contributed by atoms with Gasteiger partial charge < -0.3 is 10.4 Å². The van der Waals surface area contributed by atoms with Crippen molar-refractivity contribution in [2.75, 3.05) is 25.0 Å². The molecule has 0 saturated heterocycles. The largest absolute Gasteiger partial charge is 0.478 e. The molecule has 2 N–H and O–H groups in total. The molecule has 0 amide bonds. The molecule has 0 bridgehead atoms. The van der Waals surface area contributed by atoms with Crippen molar-refractivity contribution in [2.24, 2.45) is 0 Å². The second-order valence-corrected chi connectivity index (χ2v) is 4.91. The fraction of sp³-hybridized carbons (Fsp3) is 0.500. The lowest BCUT2D eigenvalue weighted by Crippen LogP contribution is -2.31. The highest BCUT2D eigenvalue weighted by molar-refractivity contribution is 5.88. The molecule has 0 unspecified atom stereocenters. The van der Waals surface area contributed by atoms with Crippen LogP contribution in [0, 0.1) is 11.6 Å². The van der Waals surface area contributed by atoms with Gasteiger partial charge in [-0.25, -0.2) is 13.6 Å². The summed E-state index contributed by atoms with van der Waals surface area (Å²) in [5, 5.41) is 11.4. The number of anilines is 1. The van der Waals surface area contributed by atoms with Crippen LogP contribution in [0.1, 0.15) is 30.1 Å². The van der Waals surface area contributed by atoms with E-state index in [1.54, 1.807) is 0 Å². The number of hydrogen-bond donors (Lipinski definition) is 2. The summed E-state index contributed by atoms with van der Waals surface area (Å²) < 4.78 is 27.3. The number of aromatic carboxylic acids is 1. The molecule has 4 nitrogen and oxygen atoms in total. The minimum Gasteiger partial charge on any atom is -0.478 e. The third kappa shape index (κ3) is 3.45. The number of nitrogens with zero attached hydrogens (tertiary/aromatic N) is 1. The molecule has 0 atom stereocenters. The van der Waals surface area contributed by atoms with Gasteiger partial charge in [0.15, 0.2) is 0 Å². The Labute approximate surface area is 116 Å². The standard InChI is InChI=1S/C14H18F2N2O2/c1-2-18(10-3-4-10)6-5-17-13-11(15)7-9(14(19)20)8-12(13)16/h7-8,10,17H,2-6H2,1H3,(H,19,20). The van der Waals surface area contributed by atoms with Crippen molar-refractivity contribution in [2.45, 2.75) is 25.8 Å². The van der Waals surface area contributed by atoms with Crippen molar-refractivity contribution in [3.63, 3.8) is 0 Å². The van der Waals surface area contributed by atoms with Crippen molar-refractivity contribution >= 4 is 11.7 Å². The topological polar surface area (TPSA) is 52.6 Å². The van der Waals surface area contributed by atoms with E-state index in [4.69, 9.17) is 5.11 Å². The predicted molar refractivity (Wildman–Crippen MR) is 72.1 cm³/mol. The van der Waals surface area contributed by atoms with Crippen LogP contribution in [-0.2, 0) is 0 Å². The molecule has 1 aliphatic carbocycles. The van der Waals surface area contributed by atoms with Crippen LogP contribution in [0.2, 0.25) is 0 Å². The van der Waals surface area contributed by atoms with Crippen LogP contribution in [0.5, 0.6) is 0 Å². The molecule has 6 heteroatoms. The van der Waals surface area contributed by atoms with E-state index in [1.165, 1.54) is 12.8 Å². The number of halogens is 2. The van der Waals surface area contributed by atoms with Crippen molar-refractivity contribution < 1.29 is 18.7 Å². The molecule has 2 rings (SSSR count). The molecule has 1 aromatic carbocycles. The third-order valence-electron chi connectivity index (χ3n) is 3.46. The lowest BCUT2D eigenvalue weighted by atomic mass is 10.2. The second kappa shape index (κ2) is 6.17. The van der Waals surface area contributed by atoms with Crippen LogP contribution in [0.25, 0.3) is 0 Å². The fourth-order valence-electron chi connectivity index (χ4n) is 2.23. The minimum atomic E-state index is -1.35. The number of rotatable bonds is 7. The zero-order valence-corrected chi connectivity index (χ0v) is 11.3. The Morgan fingerprint density at radius 3 is 2.45 bits per heavy atom. The summed E-state index contributed by atoms with van der Waals surface area (Å²) in [7, 11) is 0. The summed E-state index contributed by atoms with van der Waals surface area (Å²) in [6.07, 6.45) is 2.37. The van der Waals surface area contributed by atoms with Crippen LogP contribution < -0.4 is 5.32 Å². The van der Waals surface area contributed by atoms with Gasteiger partial charge >= 0.3 is 5.97 Å². The summed E-state index contributed by atoms with van der Waals surface area (Å²) in [6, 6.07) is 2.25. The highest BCUT2D eigenvalue weighted by atomic mass is 19.1. The molecular formula is C14H18F2N2O2. The van der Waals surface area contributed by atoms with Gasteiger partial charge in [0, 0.05) is 19.1 Å². The first-order valence-corrected chi connectivity index (χ1v) is 6.73. The molecule has 0 heterocycles. The summed E-state index contributed by atoms with van der Waals surface area (Å²) in [4.78, 5) is 12.9. The Kier molecular flexibility index (Phi) is 4.54. The van der Waals surface area contributed by atoms with E-state index in [1.807, 2.05) is 0 Å². The molecule has 110 valence electrons. The quantitative estimate of drug-likeness (QED) is 0.808. The highest BCUT2D eigenvalue weighted by Crippen LogP contribution is 2.26. The molecule has 1 aliphatic rings. The van der Waals surface area contributed by atoms with Crippen LogP contribution >= 0.6 is 0 Å². The Bertz CT molecular complexity index is 481. The zero-order chi connectivity index (χ0) is 14.7. The number of likely N-dealkylation sites (N-methyl/N-ethyl adjacent to an activating group) is 1. The van der Waals surface area contributed by atoms with Gasteiger partial charge in [0.1, 0.15) is 17.3 Å². The maximum Gasteiger partial charge on any atom is 0.335 e. The lowest BCUT2D eigenvalue weighted by molar-refractivity contribution is 0.0696. The van der Waals surface area contributed by atoms with E-state index < -0.39 is 23.2 Å². The normalized spacial score (nSPS) is 14.6. The van der Waals surface area contributed by atoms with E-state index in [9.17, 15) is 13.6 Å². The van der Waals surface area contributed by atoms with Gasteiger partial charge in [-0.1, -0.05) is 6.92 Å². The van der Waals surface area contributed by atoms with Crippen LogP contribution in [0.3, 0.4) is 0 Å².